The molecule has 94 valence electrons. The number of carbonyl (C=O) groups is 2. The Labute approximate surface area is 101 Å². The van der Waals surface area contributed by atoms with Gasteiger partial charge in [-0.1, -0.05) is 0 Å². The third-order valence-electron chi connectivity index (χ3n) is 2.88. The van der Waals surface area contributed by atoms with E-state index >= 15 is 0 Å². The SMILES string of the molecule is CCOC(=O)CC(=O)C1CCC(=N)/C(=C\N)C1. The summed E-state index contributed by atoms with van der Waals surface area (Å²) in [6.07, 6.45) is 2.83. The van der Waals surface area contributed by atoms with Gasteiger partial charge in [-0.3, -0.25) is 9.59 Å². The molecule has 0 bridgehead atoms. The summed E-state index contributed by atoms with van der Waals surface area (Å²) in [5.74, 6) is -0.796. The van der Waals surface area contributed by atoms with Crippen molar-refractivity contribution in [2.45, 2.75) is 32.6 Å². The van der Waals surface area contributed by atoms with E-state index in [0.29, 0.717) is 30.5 Å². The Morgan fingerprint density at radius 1 is 1.59 bits per heavy atom. The minimum absolute atomic E-state index is 0.115. The lowest BCUT2D eigenvalue weighted by molar-refractivity contribution is -0.146. The highest BCUT2D eigenvalue weighted by molar-refractivity contribution is 6.02. The summed E-state index contributed by atoms with van der Waals surface area (Å²) in [4.78, 5) is 23.0. The van der Waals surface area contributed by atoms with Gasteiger partial charge in [0.05, 0.1) is 6.61 Å². The molecule has 17 heavy (non-hydrogen) atoms. The number of allylic oxidation sites excluding steroid dienone is 1. The molecule has 5 heteroatoms. The Bertz CT molecular complexity index is 361. The molecule has 0 heterocycles. The Hall–Kier alpha value is -1.65. The van der Waals surface area contributed by atoms with E-state index in [4.69, 9.17) is 15.9 Å². The van der Waals surface area contributed by atoms with Gasteiger partial charge in [-0.15, -0.1) is 0 Å². The van der Waals surface area contributed by atoms with Gasteiger partial charge in [0.2, 0.25) is 0 Å². The number of nitrogens with two attached hydrogens (primary N) is 1. The number of esters is 1. The van der Waals surface area contributed by atoms with E-state index in [1.165, 1.54) is 6.20 Å². The summed E-state index contributed by atoms with van der Waals surface area (Å²) in [6.45, 7) is 1.99. The molecule has 3 N–H and O–H groups in total. The third-order valence-corrected chi connectivity index (χ3v) is 2.88. The quantitative estimate of drug-likeness (QED) is 0.568. The van der Waals surface area contributed by atoms with Crippen LogP contribution in [0.4, 0.5) is 0 Å². The molecule has 1 atom stereocenters. The van der Waals surface area contributed by atoms with Crippen LogP contribution in [0.1, 0.15) is 32.6 Å². The number of hydrogen-bond donors (Lipinski definition) is 2. The average Bonchev–Trinajstić information content (AvgIpc) is 2.29. The zero-order valence-electron chi connectivity index (χ0n) is 9.99. The highest BCUT2D eigenvalue weighted by atomic mass is 16.5. The van der Waals surface area contributed by atoms with Crippen LogP contribution in [-0.4, -0.2) is 24.1 Å². The number of rotatable bonds is 4. The smallest absolute Gasteiger partial charge is 0.313 e. The number of hydrogen-bond acceptors (Lipinski definition) is 5. The Morgan fingerprint density at radius 2 is 2.29 bits per heavy atom. The average molecular weight is 238 g/mol. The van der Waals surface area contributed by atoms with Crippen LogP contribution in [0.25, 0.3) is 0 Å². The molecule has 0 aromatic carbocycles. The van der Waals surface area contributed by atoms with E-state index in [2.05, 4.69) is 0 Å². The molecule has 0 radical (unpaired) electrons. The first-order valence-corrected chi connectivity index (χ1v) is 5.75. The molecule has 1 unspecified atom stereocenters. The summed E-state index contributed by atoms with van der Waals surface area (Å²) >= 11 is 0. The molecule has 0 aliphatic heterocycles. The predicted molar refractivity (Wildman–Crippen MR) is 63.6 cm³/mol. The van der Waals surface area contributed by atoms with Crippen molar-refractivity contribution in [1.82, 2.24) is 0 Å². The maximum absolute atomic E-state index is 11.8. The van der Waals surface area contributed by atoms with Gasteiger partial charge in [0, 0.05) is 11.6 Å². The van der Waals surface area contributed by atoms with E-state index in [0.717, 1.165) is 0 Å². The second-order valence-electron chi connectivity index (χ2n) is 4.06. The molecule has 0 spiro atoms. The monoisotopic (exact) mass is 238 g/mol. The molecule has 1 rings (SSSR count). The first-order valence-electron chi connectivity index (χ1n) is 5.75. The van der Waals surface area contributed by atoms with Crippen molar-refractivity contribution in [3.63, 3.8) is 0 Å². The van der Waals surface area contributed by atoms with Gasteiger partial charge >= 0.3 is 5.97 Å². The molecule has 0 aromatic heterocycles. The molecular weight excluding hydrogens is 220 g/mol. The third kappa shape index (κ3) is 3.69. The van der Waals surface area contributed by atoms with Gasteiger partial charge in [-0.05, 0) is 38.0 Å². The standard InChI is InChI=1S/C12H18N2O3/c1-2-17-12(16)6-11(15)8-3-4-10(14)9(5-8)7-13/h7-8,14H,2-6,13H2,1H3/b9-7-,14-10?. The van der Waals surface area contributed by atoms with Crippen molar-refractivity contribution in [3.8, 4) is 0 Å². The molecule has 1 aliphatic carbocycles. The highest BCUT2D eigenvalue weighted by Crippen LogP contribution is 2.27. The van der Waals surface area contributed by atoms with E-state index in [1.807, 2.05) is 0 Å². The topological polar surface area (TPSA) is 93.2 Å². The van der Waals surface area contributed by atoms with Gasteiger partial charge < -0.3 is 15.9 Å². The summed E-state index contributed by atoms with van der Waals surface area (Å²) < 4.78 is 4.74. The van der Waals surface area contributed by atoms with Crippen molar-refractivity contribution in [1.29, 1.82) is 5.41 Å². The Morgan fingerprint density at radius 3 is 2.88 bits per heavy atom. The van der Waals surface area contributed by atoms with Crippen molar-refractivity contribution in [2.75, 3.05) is 6.61 Å². The molecule has 1 saturated carbocycles. The second kappa shape index (κ2) is 6.18. The Balaban J connectivity index is 2.53. The second-order valence-corrected chi connectivity index (χ2v) is 4.06. The number of Topliss-reactive ketones (excluding diaryl/α,β-unsaturated/α-hetero) is 1. The molecule has 1 fully saturated rings. The largest absolute Gasteiger partial charge is 0.466 e. The van der Waals surface area contributed by atoms with Crippen LogP contribution in [0.15, 0.2) is 11.8 Å². The lowest BCUT2D eigenvalue weighted by Gasteiger charge is -2.23. The zero-order valence-corrected chi connectivity index (χ0v) is 9.99. The van der Waals surface area contributed by atoms with E-state index < -0.39 is 5.97 Å². The molecule has 0 saturated heterocycles. The minimum atomic E-state index is -0.476. The van der Waals surface area contributed by atoms with Crippen molar-refractivity contribution >= 4 is 17.5 Å². The van der Waals surface area contributed by atoms with Gasteiger partial charge in [-0.2, -0.15) is 0 Å². The van der Waals surface area contributed by atoms with Crippen LogP contribution in [0, 0.1) is 11.3 Å². The van der Waals surface area contributed by atoms with E-state index in [9.17, 15) is 9.59 Å². The molecular formula is C12H18N2O3. The van der Waals surface area contributed by atoms with Gasteiger partial charge in [-0.25, -0.2) is 0 Å². The maximum Gasteiger partial charge on any atom is 0.313 e. The fraction of sp³-hybridized carbons (Fsp3) is 0.583. The molecule has 0 amide bonds. The van der Waals surface area contributed by atoms with Crippen LogP contribution in [0.3, 0.4) is 0 Å². The first-order chi connectivity index (χ1) is 8.08. The fourth-order valence-corrected chi connectivity index (χ4v) is 1.91. The van der Waals surface area contributed by atoms with Crippen LogP contribution in [0.5, 0.6) is 0 Å². The summed E-state index contributed by atoms with van der Waals surface area (Å²) in [7, 11) is 0. The summed E-state index contributed by atoms with van der Waals surface area (Å²) in [5, 5.41) is 7.63. The van der Waals surface area contributed by atoms with Gasteiger partial charge in [0.15, 0.2) is 0 Å². The number of carbonyl (C=O) groups excluding carboxylic acids is 2. The number of ketones is 1. The normalized spacial score (nSPS) is 22.5. The lowest BCUT2D eigenvalue weighted by atomic mass is 9.81. The van der Waals surface area contributed by atoms with Crippen LogP contribution >= 0.6 is 0 Å². The summed E-state index contributed by atoms with van der Waals surface area (Å²) in [6, 6.07) is 0. The van der Waals surface area contributed by atoms with Crippen LogP contribution < -0.4 is 5.73 Å². The number of nitrogens with one attached hydrogen (secondary N) is 1. The van der Waals surface area contributed by atoms with Crippen LogP contribution in [0.2, 0.25) is 0 Å². The van der Waals surface area contributed by atoms with Crippen molar-refractivity contribution in [3.05, 3.63) is 11.8 Å². The van der Waals surface area contributed by atoms with Gasteiger partial charge in [0.1, 0.15) is 12.2 Å². The van der Waals surface area contributed by atoms with Crippen LogP contribution in [-0.2, 0) is 14.3 Å². The fourth-order valence-electron chi connectivity index (χ4n) is 1.91. The number of ether oxygens (including phenoxy) is 1. The van der Waals surface area contributed by atoms with Crippen molar-refractivity contribution in [2.24, 2.45) is 11.7 Å². The molecule has 5 nitrogen and oxygen atoms in total. The van der Waals surface area contributed by atoms with E-state index in [-0.39, 0.29) is 24.7 Å². The predicted octanol–water partition coefficient (Wildman–Crippen LogP) is 1.17. The van der Waals surface area contributed by atoms with Crippen molar-refractivity contribution < 1.29 is 14.3 Å². The first kappa shape index (κ1) is 13.4. The molecule has 1 aliphatic rings. The zero-order chi connectivity index (χ0) is 12.8. The maximum atomic E-state index is 11.8. The van der Waals surface area contributed by atoms with E-state index in [1.54, 1.807) is 6.92 Å². The highest BCUT2D eigenvalue weighted by Gasteiger charge is 2.27. The summed E-state index contributed by atoms with van der Waals surface area (Å²) in [5.41, 5.74) is 6.60. The Kier molecular flexibility index (Phi) is 4.87. The molecule has 0 aromatic rings. The van der Waals surface area contributed by atoms with Gasteiger partial charge in [0.25, 0.3) is 0 Å². The lowest BCUT2D eigenvalue weighted by Crippen LogP contribution is -2.26. The minimum Gasteiger partial charge on any atom is -0.466 e.